The molecular formula is C25H37N5O2. The highest BCUT2D eigenvalue weighted by Crippen LogP contribution is 2.30. The molecule has 0 amide bonds. The van der Waals surface area contributed by atoms with Gasteiger partial charge in [-0.2, -0.15) is 0 Å². The molecular weight excluding hydrogens is 402 g/mol. The summed E-state index contributed by atoms with van der Waals surface area (Å²) >= 11 is 0. The maximum atomic E-state index is 5.60. The fourth-order valence-electron chi connectivity index (χ4n) is 3.90. The van der Waals surface area contributed by atoms with E-state index in [1.54, 1.807) is 14.2 Å². The number of nitrogens with zero attached hydrogens (tertiary/aromatic N) is 3. The van der Waals surface area contributed by atoms with Gasteiger partial charge in [-0.15, -0.1) is 0 Å². The zero-order valence-electron chi connectivity index (χ0n) is 19.9. The fraction of sp³-hybridized carbons (Fsp3) is 0.480. The Balaban J connectivity index is 1.60. The molecule has 1 heterocycles. The van der Waals surface area contributed by atoms with Crippen LogP contribution in [0.1, 0.15) is 25.0 Å². The molecule has 0 spiro atoms. The van der Waals surface area contributed by atoms with Crippen LogP contribution in [0.25, 0.3) is 0 Å². The normalized spacial score (nSPS) is 15.4. The molecule has 0 aliphatic carbocycles. The van der Waals surface area contributed by atoms with Crippen LogP contribution in [0.5, 0.6) is 11.5 Å². The van der Waals surface area contributed by atoms with Crippen LogP contribution >= 0.6 is 0 Å². The number of hydrogen-bond donors (Lipinski definition) is 2. The summed E-state index contributed by atoms with van der Waals surface area (Å²) in [5, 5.41) is 6.79. The Bertz CT molecular complexity index is 878. The molecule has 2 aromatic carbocycles. The van der Waals surface area contributed by atoms with Crippen LogP contribution in [0.2, 0.25) is 0 Å². The Morgan fingerprint density at radius 1 is 0.969 bits per heavy atom. The highest BCUT2D eigenvalue weighted by Gasteiger charge is 2.16. The Hall–Kier alpha value is -2.77. The lowest BCUT2D eigenvalue weighted by Crippen LogP contribution is -2.45. The highest BCUT2D eigenvalue weighted by atomic mass is 16.5. The van der Waals surface area contributed by atoms with Gasteiger partial charge in [-0.05, 0) is 36.7 Å². The Morgan fingerprint density at radius 3 is 2.34 bits per heavy atom. The third-order valence-corrected chi connectivity index (χ3v) is 5.82. The van der Waals surface area contributed by atoms with Gasteiger partial charge in [-0.1, -0.05) is 31.2 Å². The third kappa shape index (κ3) is 6.61. The number of aliphatic imine (C=N–C) groups is 1. The second-order valence-corrected chi connectivity index (χ2v) is 7.83. The lowest BCUT2D eigenvalue weighted by atomic mass is 10.1. The van der Waals surface area contributed by atoms with Gasteiger partial charge in [-0.25, -0.2) is 0 Å². The molecule has 0 saturated carbocycles. The largest absolute Gasteiger partial charge is 0.493 e. The van der Waals surface area contributed by atoms with Gasteiger partial charge in [0.2, 0.25) is 0 Å². The molecule has 7 nitrogen and oxygen atoms in total. The molecule has 0 radical (unpaired) electrons. The Morgan fingerprint density at radius 2 is 1.69 bits per heavy atom. The summed E-state index contributed by atoms with van der Waals surface area (Å²) in [5.41, 5.74) is 3.54. The number of ether oxygens (including phenoxy) is 2. The van der Waals surface area contributed by atoms with E-state index in [4.69, 9.17) is 9.47 Å². The summed E-state index contributed by atoms with van der Waals surface area (Å²) in [4.78, 5) is 9.44. The van der Waals surface area contributed by atoms with Crippen molar-refractivity contribution in [1.82, 2.24) is 15.1 Å². The molecule has 0 aromatic heterocycles. The van der Waals surface area contributed by atoms with E-state index in [1.165, 1.54) is 11.1 Å². The van der Waals surface area contributed by atoms with Crippen LogP contribution < -0.4 is 20.1 Å². The topological polar surface area (TPSA) is 61.4 Å². The summed E-state index contributed by atoms with van der Waals surface area (Å²) in [6.45, 7) is 12.2. The second kappa shape index (κ2) is 12.3. The quantitative estimate of drug-likeness (QED) is 0.461. The molecule has 1 aliphatic heterocycles. The first-order chi connectivity index (χ1) is 15.7. The molecule has 32 heavy (non-hydrogen) atoms. The van der Waals surface area contributed by atoms with Gasteiger partial charge in [0.15, 0.2) is 17.5 Å². The van der Waals surface area contributed by atoms with Crippen LogP contribution in [0.4, 0.5) is 5.69 Å². The smallest absolute Gasteiger partial charge is 0.195 e. The van der Waals surface area contributed by atoms with Crippen molar-refractivity contribution in [1.29, 1.82) is 0 Å². The maximum Gasteiger partial charge on any atom is 0.195 e. The van der Waals surface area contributed by atoms with E-state index in [0.717, 1.165) is 50.7 Å². The maximum absolute atomic E-state index is 5.60. The number of methoxy groups -OCH3 is 1. The molecule has 2 aromatic rings. The van der Waals surface area contributed by atoms with Crippen molar-refractivity contribution < 1.29 is 9.47 Å². The lowest BCUT2D eigenvalue weighted by molar-refractivity contribution is 0.131. The number of likely N-dealkylation sites (N-methyl/N-ethyl adjacent to an activating group) is 1. The van der Waals surface area contributed by atoms with Crippen LogP contribution in [-0.4, -0.2) is 69.2 Å². The molecule has 1 aliphatic rings. The minimum atomic E-state index is 0.597. The standard InChI is InChI=1S/C25H37N5O2/c1-5-29-13-15-30(16-14-29)19-21-10-8-7-9-20(21)18-27-25(26-3)28-22-11-12-23(32-6-2)24(17-22)31-4/h7-12,17H,5-6,13-16,18-19H2,1-4H3,(H2,26,27,28). The lowest BCUT2D eigenvalue weighted by Gasteiger charge is -2.34. The summed E-state index contributed by atoms with van der Waals surface area (Å²) in [6.07, 6.45) is 0. The Kier molecular flexibility index (Phi) is 9.19. The first-order valence-electron chi connectivity index (χ1n) is 11.5. The van der Waals surface area contributed by atoms with E-state index < -0.39 is 0 Å². The van der Waals surface area contributed by atoms with Gasteiger partial charge in [0.1, 0.15) is 0 Å². The van der Waals surface area contributed by atoms with Gasteiger partial charge < -0.3 is 25.0 Å². The minimum absolute atomic E-state index is 0.597. The van der Waals surface area contributed by atoms with Crippen molar-refractivity contribution in [3.05, 3.63) is 53.6 Å². The van der Waals surface area contributed by atoms with Crippen molar-refractivity contribution in [2.45, 2.75) is 26.9 Å². The van der Waals surface area contributed by atoms with E-state index in [-0.39, 0.29) is 0 Å². The molecule has 7 heteroatoms. The third-order valence-electron chi connectivity index (χ3n) is 5.82. The average Bonchev–Trinajstić information content (AvgIpc) is 2.84. The van der Waals surface area contributed by atoms with E-state index >= 15 is 0 Å². The summed E-state index contributed by atoms with van der Waals surface area (Å²) in [7, 11) is 3.42. The predicted octanol–water partition coefficient (Wildman–Crippen LogP) is 3.42. The molecule has 1 saturated heterocycles. The summed E-state index contributed by atoms with van der Waals surface area (Å²) in [6, 6.07) is 14.4. The van der Waals surface area contributed by atoms with Crippen LogP contribution in [-0.2, 0) is 13.1 Å². The summed E-state index contributed by atoms with van der Waals surface area (Å²) in [5.74, 6) is 2.14. The SMILES string of the molecule is CCOc1ccc(NC(=NC)NCc2ccccc2CN2CCN(CC)CC2)cc1OC. The van der Waals surface area contributed by atoms with Crippen molar-refractivity contribution in [2.24, 2.45) is 4.99 Å². The molecule has 1 fully saturated rings. The van der Waals surface area contributed by atoms with E-state index in [0.29, 0.717) is 24.9 Å². The number of hydrogen-bond acceptors (Lipinski definition) is 5. The van der Waals surface area contributed by atoms with Crippen molar-refractivity contribution >= 4 is 11.6 Å². The zero-order chi connectivity index (χ0) is 22.8. The first kappa shape index (κ1) is 23.9. The minimum Gasteiger partial charge on any atom is -0.493 e. The predicted molar refractivity (Wildman–Crippen MR) is 132 cm³/mol. The summed E-state index contributed by atoms with van der Waals surface area (Å²) < 4.78 is 11.1. The van der Waals surface area contributed by atoms with E-state index in [2.05, 4.69) is 56.6 Å². The van der Waals surface area contributed by atoms with Crippen LogP contribution in [0.3, 0.4) is 0 Å². The van der Waals surface area contributed by atoms with Gasteiger partial charge in [0.05, 0.1) is 13.7 Å². The molecule has 0 unspecified atom stereocenters. The number of guanidine groups is 1. The van der Waals surface area contributed by atoms with Crippen LogP contribution in [0.15, 0.2) is 47.5 Å². The van der Waals surface area contributed by atoms with Crippen molar-refractivity contribution in [2.75, 3.05) is 58.8 Å². The zero-order valence-corrected chi connectivity index (χ0v) is 19.9. The van der Waals surface area contributed by atoms with Gasteiger partial charge in [0, 0.05) is 58.1 Å². The fourth-order valence-corrected chi connectivity index (χ4v) is 3.90. The average molecular weight is 440 g/mol. The second-order valence-electron chi connectivity index (χ2n) is 7.83. The van der Waals surface area contributed by atoms with Gasteiger partial charge in [0.25, 0.3) is 0 Å². The monoisotopic (exact) mass is 439 g/mol. The van der Waals surface area contributed by atoms with Crippen molar-refractivity contribution in [3.63, 3.8) is 0 Å². The van der Waals surface area contributed by atoms with E-state index in [1.807, 2.05) is 25.1 Å². The molecule has 2 N–H and O–H groups in total. The van der Waals surface area contributed by atoms with Gasteiger partial charge in [-0.3, -0.25) is 9.89 Å². The number of benzene rings is 2. The molecule has 0 bridgehead atoms. The van der Waals surface area contributed by atoms with E-state index in [9.17, 15) is 0 Å². The van der Waals surface area contributed by atoms with Gasteiger partial charge >= 0.3 is 0 Å². The Labute approximate surface area is 192 Å². The van der Waals surface area contributed by atoms with Crippen LogP contribution in [0, 0.1) is 0 Å². The number of piperazine rings is 1. The molecule has 3 rings (SSSR count). The number of nitrogens with one attached hydrogen (secondary N) is 2. The molecule has 0 atom stereocenters. The first-order valence-corrected chi connectivity index (χ1v) is 11.5. The highest BCUT2D eigenvalue weighted by molar-refractivity contribution is 5.93. The molecule has 174 valence electrons. The number of rotatable bonds is 9. The number of anilines is 1. The van der Waals surface area contributed by atoms with Crippen molar-refractivity contribution in [3.8, 4) is 11.5 Å².